The number of carbonyl (C=O) groups excluding carboxylic acids is 4. The number of hydrogen-bond donors (Lipinski definition) is 3. The fraction of sp³-hybridized carbons (Fsp3) is 0.938. The van der Waals surface area contributed by atoms with E-state index in [1.54, 1.807) is 0 Å². The molecule has 0 aromatic carbocycles. The first-order valence-electron chi connectivity index (χ1n) is 34.1. The molecular weight excluding hydrogens is 1110 g/mol. The Morgan fingerprint density at radius 1 is 0.321 bits per heavy atom. The van der Waals surface area contributed by atoms with E-state index < -0.39 is 97.5 Å². The van der Waals surface area contributed by atoms with Crippen molar-refractivity contribution in [2.24, 2.45) is 5.92 Å². The second-order valence-electron chi connectivity index (χ2n) is 24.0. The van der Waals surface area contributed by atoms with E-state index in [1.165, 1.54) is 141 Å². The van der Waals surface area contributed by atoms with Crippen LogP contribution < -0.4 is 0 Å². The molecule has 0 radical (unpaired) electrons. The normalized spacial score (nSPS) is 14.2. The van der Waals surface area contributed by atoms with Crippen LogP contribution in [0.2, 0.25) is 0 Å². The van der Waals surface area contributed by atoms with Crippen LogP contribution in [0.3, 0.4) is 0 Å². The standard InChI is InChI=1S/C65H126O17P2/c1-6-9-12-15-18-20-29-34-39-44-49-63(68)76-55-61(82-65(70)51-46-41-36-31-27-25-23-22-24-26-28-33-37-42-47-58(4)5)57-80-84(73,74)78-53-59(66)52-77-83(71,72)79-56-60(54-75-62(67)48-43-38-32-17-14-11-8-3)81-64(69)50-45-40-35-30-21-19-16-13-10-7-2/h58-61,66H,6-57H2,1-5H3,(H,71,72)(H,73,74)/t59-,60+,61+/m0/s1. The third-order valence-electron chi connectivity index (χ3n) is 15.0. The molecule has 0 bridgehead atoms. The van der Waals surface area contributed by atoms with Crippen LogP contribution in [0.4, 0.5) is 0 Å². The van der Waals surface area contributed by atoms with Crippen molar-refractivity contribution in [1.82, 2.24) is 0 Å². The molecule has 0 aromatic rings. The zero-order valence-electron chi connectivity index (χ0n) is 54.0. The monoisotopic (exact) mass is 1240 g/mol. The number of aliphatic hydroxyl groups is 1. The van der Waals surface area contributed by atoms with Gasteiger partial charge in [-0.2, -0.15) is 0 Å². The molecule has 3 N–H and O–H groups in total. The van der Waals surface area contributed by atoms with Gasteiger partial charge in [0.2, 0.25) is 0 Å². The van der Waals surface area contributed by atoms with Crippen molar-refractivity contribution < 1.29 is 80.2 Å². The number of aliphatic hydroxyl groups excluding tert-OH is 1. The summed E-state index contributed by atoms with van der Waals surface area (Å²) in [4.78, 5) is 72.1. The molecule has 5 atom stereocenters. The lowest BCUT2D eigenvalue weighted by Crippen LogP contribution is -2.30. The predicted molar refractivity (Wildman–Crippen MR) is 335 cm³/mol. The van der Waals surface area contributed by atoms with Gasteiger partial charge < -0.3 is 33.8 Å². The number of phosphoric ester groups is 2. The third kappa shape index (κ3) is 59.0. The summed E-state index contributed by atoms with van der Waals surface area (Å²) in [6.07, 6.45) is 43.1. The molecule has 0 fully saturated rings. The molecule has 0 aliphatic rings. The minimum absolute atomic E-state index is 0.106. The van der Waals surface area contributed by atoms with Crippen LogP contribution >= 0.6 is 15.6 Å². The van der Waals surface area contributed by atoms with Gasteiger partial charge in [0, 0.05) is 25.7 Å². The number of rotatable bonds is 65. The molecule has 17 nitrogen and oxygen atoms in total. The molecule has 498 valence electrons. The van der Waals surface area contributed by atoms with Gasteiger partial charge in [0.05, 0.1) is 26.4 Å². The Labute approximate surface area is 511 Å². The van der Waals surface area contributed by atoms with Gasteiger partial charge in [-0.25, -0.2) is 9.13 Å². The lowest BCUT2D eigenvalue weighted by molar-refractivity contribution is -0.161. The summed E-state index contributed by atoms with van der Waals surface area (Å²) >= 11 is 0. The SMILES string of the molecule is CCCCCCCCCCCCC(=O)OC[C@H](COP(=O)(O)OC[C@@H](O)COP(=O)(O)OC[C@@H](COC(=O)CCCCCCCCC)OC(=O)CCCCCCCCCCCC)OC(=O)CCCCCCCCCCCCCCCCC(C)C. The highest BCUT2D eigenvalue weighted by atomic mass is 31.2. The van der Waals surface area contributed by atoms with Gasteiger partial charge >= 0.3 is 39.5 Å². The zero-order chi connectivity index (χ0) is 62.0. The highest BCUT2D eigenvalue weighted by Crippen LogP contribution is 2.45. The maximum absolute atomic E-state index is 13.0. The van der Waals surface area contributed by atoms with E-state index in [0.717, 1.165) is 109 Å². The highest BCUT2D eigenvalue weighted by molar-refractivity contribution is 7.47. The maximum atomic E-state index is 13.0. The Balaban J connectivity index is 5.17. The largest absolute Gasteiger partial charge is 0.472 e. The van der Waals surface area contributed by atoms with Gasteiger partial charge in [-0.05, 0) is 31.6 Å². The van der Waals surface area contributed by atoms with Gasteiger partial charge in [-0.3, -0.25) is 37.3 Å². The summed E-state index contributed by atoms with van der Waals surface area (Å²) in [5.41, 5.74) is 0. The Hall–Kier alpha value is -1.94. The Morgan fingerprint density at radius 2 is 0.548 bits per heavy atom. The van der Waals surface area contributed by atoms with Crippen LogP contribution in [0.25, 0.3) is 0 Å². The second kappa shape index (κ2) is 58.7. The molecule has 19 heteroatoms. The van der Waals surface area contributed by atoms with Crippen molar-refractivity contribution in [2.45, 2.75) is 348 Å². The van der Waals surface area contributed by atoms with E-state index in [-0.39, 0.29) is 25.7 Å². The number of phosphoric acid groups is 2. The summed E-state index contributed by atoms with van der Waals surface area (Å²) in [7, 11) is -9.88. The molecular formula is C65H126O17P2. The molecule has 0 rings (SSSR count). The molecule has 84 heavy (non-hydrogen) atoms. The molecule has 0 aliphatic heterocycles. The van der Waals surface area contributed by atoms with Crippen LogP contribution in [0.1, 0.15) is 330 Å². The lowest BCUT2D eigenvalue weighted by atomic mass is 10.0. The average Bonchev–Trinajstić information content (AvgIpc) is 3.65. The zero-order valence-corrected chi connectivity index (χ0v) is 55.8. The van der Waals surface area contributed by atoms with Gasteiger partial charge in [0.15, 0.2) is 12.2 Å². The van der Waals surface area contributed by atoms with Crippen molar-refractivity contribution in [1.29, 1.82) is 0 Å². The number of unbranched alkanes of at least 4 members (excludes halogenated alkanes) is 37. The molecule has 2 unspecified atom stereocenters. The van der Waals surface area contributed by atoms with Crippen molar-refractivity contribution in [3.63, 3.8) is 0 Å². The van der Waals surface area contributed by atoms with Crippen LogP contribution in [-0.2, 0) is 65.4 Å². The van der Waals surface area contributed by atoms with E-state index in [0.29, 0.717) is 25.7 Å². The van der Waals surface area contributed by atoms with Crippen LogP contribution in [0, 0.1) is 5.92 Å². The fourth-order valence-corrected chi connectivity index (χ4v) is 11.3. The van der Waals surface area contributed by atoms with Crippen LogP contribution in [0.15, 0.2) is 0 Å². The van der Waals surface area contributed by atoms with Crippen molar-refractivity contribution in [3.05, 3.63) is 0 Å². The Bertz CT molecular complexity index is 1640. The van der Waals surface area contributed by atoms with E-state index in [2.05, 4.69) is 34.6 Å². The minimum atomic E-state index is -4.94. The molecule has 0 saturated heterocycles. The van der Waals surface area contributed by atoms with Gasteiger partial charge in [0.25, 0.3) is 0 Å². The smallest absolute Gasteiger partial charge is 0.462 e. The average molecular weight is 1240 g/mol. The highest BCUT2D eigenvalue weighted by Gasteiger charge is 2.30. The van der Waals surface area contributed by atoms with Gasteiger partial charge in [-0.15, -0.1) is 0 Å². The Morgan fingerprint density at radius 3 is 0.810 bits per heavy atom. The van der Waals surface area contributed by atoms with E-state index in [4.69, 9.17) is 37.0 Å². The van der Waals surface area contributed by atoms with Crippen molar-refractivity contribution >= 4 is 39.5 Å². The van der Waals surface area contributed by atoms with E-state index in [9.17, 15) is 43.2 Å². The predicted octanol–water partition coefficient (Wildman–Crippen LogP) is 18.2. The first-order valence-corrected chi connectivity index (χ1v) is 37.1. The lowest BCUT2D eigenvalue weighted by Gasteiger charge is -2.21. The topological polar surface area (TPSA) is 237 Å². The van der Waals surface area contributed by atoms with Crippen molar-refractivity contribution in [2.75, 3.05) is 39.6 Å². The fourth-order valence-electron chi connectivity index (χ4n) is 9.76. The van der Waals surface area contributed by atoms with E-state index >= 15 is 0 Å². The number of esters is 4. The first kappa shape index (κ1) is 82.1. The summed E-state index contributed by atoms with van der Waals surface area (Å²) < 4.78 is 67.9. The molecule has 0 aliphatic carbocycles. The van der Waals surface area contributed by atoms with Gasteiger partial charge in [0.1, 0.15) is 19.3 Å². The van der Waals surface area contributed by atoms with Crippen molar-refractivity contribution in [3.8, 4) is 0 Å². The van der Waals surface area contributed by atoms with Gasteiger partial charge in [-0.1, -0.05) is 279 Å². The summed E-state index contributed by atoms with van der Waals surface area (Å²) in [5, 5.41) is 10.5. The summed E-state index contributed by atoms with van der Waals surface area (Å²) in [5.74, 6) is -1.34. The molecule has 0 amide bonds. The number of carbonyl (C=O) groups is 4. The summed E-state index contributed by atoms with van der Waals surface area (Å²) in [6, 6.07) is 0. The maximum Gasteiger partial charge on any atom is 0.472 e. The number of hydrogen-bond acceptors (Lipinski definition) is 15. The molecule has 0 spiro atoms. The quantitative estimate of drug-likeness (QED) is 0.0222. The van der Waals surface area contributed by atoms with Crippen LogP contribution in [0.5, 0.6) is 0 Å². The van der Waals surface area contributed by atoms with E-state index in [1.807, 2.05) is 0 Å². The summed E-state index contributed by atoms with van der Waals surface area (Å²) in [6.45, 7) is 7.17. The third-order valence-corrected chi connectivity index (χ3v) is 16.9. The Kier molecular flexibility index (Phi) is 57.4. The first-order chi connectivity index (χ1) is 40.5. The minimum Gasteiger partial charge on any atom is -0.462 e. The second-order valence-corrected chi connectivity index (χ2v) is 26.9. The molecule has 0 aromatic heterocycles. The molecule has 0 saturated carbocycles. The van der Waals surface area contributed by atoms with Crippen LogP contribution in [-0.4, -0.2) is 96.7 Å². The molecule has 0 heterocycles. The number of ether oxygens (including phenoxy) is 4.